The predicted molar refractivity (Wildman–Crippen MR) is 124 cm³/mol. The third-order valence-corrected chi connectivity index (χ3v) is 6.34. The number of β-amino-alcohol motifs (C(OH)–C–C–N with tert-alkyl or cyclic N) is 1. The van der Waals surface area contributed by atoms with Crippen molar-refractivity contribution in [3.05, 3.63) is 48.8 Å². The molecule has 1 aromatic heterocycles. The fourth-order valence-electron chi connectivity index (χ4n) is 4.46. The minimum Gasteiger partial charge on any atom is -0.491 e. The number of aromatic nitrogens is 2. The lowest BCUT2D eigenvalue weighted by molar-refractivity contribution is 0.0446. The van der Waals surface area contributed by atoms with E-state index < -0.39 is 6.10 Å². The Morgan fingerprint density at radius 2 is 1.81 bits per heavy atom. The smallest absolute Gasteiger partial charge is 0.316 e. The maximum Gasteiger partial charge on any atom is 0.316 e. The molecule has 1 saturated carbocycles. The van der Waals surface area contributed by atoms with Gasteiger partial charge in [0, 0.05) is 56.7 Å². The van der Waals surface area contributed by atoms with Gasteiger partial charge in [0.15, 0.2) is 0 Å². The highest BCUT2D eigenvalue weighted by atomic mass is 16.5. The maximum atomic E-state index is 10.6. The number of hydrogen-bond donors (Lipinski definition) is 1. The molecule has 1 aliphatic carbocycles. The number of aliphatic hydroxyl groups is 1. The molecule has 1 N–H and O–H groups in total. The van der Waals surface area contributed by atoms with Gasteiger partial charge in [0.1, 0.15) is 18.5 Å². The number of piperazine rings is 1. The van der Waals surface area contributed by atoms with E-state index in [9.17, 15) is 5.11 Å². The summed E-state index contributed by atoms with van der Waals surface area (Å²) >= 11 is 0. The molecule has 0 radical (unpaired) electrons. The van der Waals surface area contributed by atoms with Gasteiger partial charge in [-0.05, 0) is 41.3 Å². The molecule has 3 aromatic rings. The molecule has 2 heterocycles. The fraction of sp³-hybridized carbons (Fsp3) is 0.440. The van der Waals surface area contributed by atoms with Crippen molar-refractivity contribution in [2.45, 2.75) is 25.0 Å². The summed E-state index contributed by atoms with van der Waals surface area (Å²) in [4.78, 5) is 13.4. The first-order valence-corrected chi connectivity index (χ1v) is 11.4. The monoisotopic (exact) mass is 434 g/mol. The van der Waals surface area contributed by atoms with Crippen LogP contribution in [0.15, 0.2) is 48.8 Å². The van der Waals surface area contributed by atoms with E-state index in [-0.39, 0.29) is 6.61 Å². The van der Waals surface area contributed by atoms with E-state index in [1.165, 1.54) is 12.8 Å². The lowest BCUT2D eigenvalue weighted by atomic mass is 10.00. The van der Waals surface area contributed by atoms with Crippen LogP contribution in [0.5, 0.6) is 11.8 Å². The second-order valence-electron chi connectivity index (χ2n) is 8.68. The van der Waals surface area contributed by atoms with E-state index in [0.717, 1.165) is 59.9 Å². The van der Waals surface area contributed by atoms with Crippen molar-refractivity contribution in [1.82, 2.24) is 19.8 Å². The van der Waals surface area contributed by atoms with Crippen LogP contribution in [0.2, 0.25) is 0 Å². The van der Waals surface area contributed by atoms with Crippen LogP contribution in [-0.4, -0.2) is 83.5 Å². The van der Waals surface area contributed by atoms with Gasteiger partial charge in [0.2, 0.25) is 0 Å². The first-order valence-electron chi connectivity index (χ1n) is 11.4. The number of rotatable bonds is 8. The second kappa shape index (κ2) is 9.40. The Labute approximate surface area is 188 Å². The van der Waals surface area contributed by atoms with Gasteiger partial charge in [-0.15, -0.1) is 0 Å². The number of methoxy groups -OCH3 is 1. The van der Waals surface area contributed by atoms with Crippen molar-refractivity contribution in [1.29, 1.82) is 0 Å². The summed E-state index contributed by atoms with van der Waals surface area (Å²) in [6, 6.07) is 13.3. The van der Waals surface area contributed by atoms with Crippen LogP contribution < -0.4 is 9.47 Å². The zero-order valence-corrected chi connectivity index (χ0v) is 18.5. The van der Waals surface area contributed by atoms with Gasteiger partial charge in [-0.2, -0.15) is 0 Å². The number of aliphatic hydroxyl groups excluding tert-OH is 1. The van der Waals surface area contributed by atoms with Crippen LogP contribution in [0.3, 0.4) is 0 Å². The van der Waals surface area contributed by atoms with E-state index in [2.05, 4.69) is 31.9 Å². The molecule has 7 heteroatoms. The Morgan fingerprint density at radius 1 is 1.06 bits per heavy atom. The molecule has 32 heavy (non-hydrogen) atoms. The largest absolute Gasteiger partial charge is 0.491 e. The summed E-state index contributed by atoms with van der Waals surface area (Å²) in [6.07, 6.45) is 5.70. The van der Waals surface area contributed by atoms with Crippen molar-refractivity contribution in [2.24, 2.45) is 0 Å². The quantitative estimate of drug-likeness (QED) is 0.585. The minimum absolute atomic E-state index is 0.264. The molecule has 0 spiro atoms. The molecular formula is C25H30N4O3. The van der Waals surface area contributed by atoms with E-state index >= 15 is 0 Å². The van der Waals surface area contributed by atoms with E-state index in [0.29, 0.717) is 12.6 Å². The molecule has 2 aromatic carbocycles. The number of ether oxygens (including phenoxy) is 2. The summed E-state index contributed by atoms with van der Waals surface area (Å²) in [5.74, 6) is 0.729. The summed E-state index contributed by atoms with van der Waals surface area (Å²) in [5.41, 5.74) is 1.88. The summed E-state index contributed by atoms with van der Waals surface area (Å²) < 4.78 is 11.1. The van der Waals surface area contributed by atoms with E-state index in [1.54, 1.807) is 19.5 Å². The van der Waals surface area contributed by atoms with E-state index in [4.69, 9.17) is 9.47 Å². The van der Waals surface area contributed by atoms with Crippen LogP contribution in [0.4, 0.5) is 0 Å². The number of nitrogens with zero attached hydrogens (tertiary/aromatic N) is 4. The molecule has 5 rings (SSSR count). The van der Waals surface area contributed by atoms with Gasteiger partial charge in [-0.1, -0.05) is 24.3 Å². The minimum atomic E-state index is -0.526. The summed E-state index contributed by atoms with van der Waals surface area (Å²) in [5, 5.41) is 12.8. The molecule has 2 fully saturated rings. The Bertz CT molecular complexity index is 1050. The highest BCUT2D eigenvalue weighted by Gasteiger charge is 2.31. The van der Waals surface area contributed by atoms with Gasteiger partial charge < -0.3 is 14.6 Å². The zero-order chi connectivity index (χ0) is 21.9. The normalized spacial score (nSPS) is 18.6. The third-order valence-electron chi connectivity index (χ3n) is 6.34. The lowest BCUT2D eigenvalue weighted by Crippen LogP contribution is -2.49. The van der Waals surface area contributed by atoms with Crippen LogP contribution >= 0.6 is 0 Å². The molecule has 1 saturated heterocycles. The number of benzene rings is 2. The van der Waals surface area contributed by atoms with Crippen molar-refractivity contribution < 1.29 is 14.6 Å². The molecule has 1 unspecified atom stereocenters. The molecule has 168 valence electrons. The van der Waals surface area contributed by atoms with Crippen LogP contribution in [0.25, 0.3) is 21.9 Å². The zero-order valence-electron chi connectivity index (χ0n) is 18.5. The van der Waals surface area contributed by atoms with Crippen LogP contribution in [0, 0.1) is 0 Å². The average Bonchev–Trinajstić information content (AvgIpc) is 3.68. The molecule has 0 amide bonds. The highest BCUT2D eigenvalue weighted by Crippen LogP contribution is 2.33. The second-order valence-corrected chi connectivity index (χ2v) is 8.68. The van der Waals surface area contributed by atoms with Crippen LogP contribution in [-0.2, 0) is 0 Å². The highest BCUT2D eigenvalue weighted by molar-refractivity contribution is 5.97. The average molecular weight is 435 g/mol. The molecule has 1 aliphatic heterocycles. The molecule has 7 nitrogen and oxygen atoms in total. The molecule has 2 aliphatic rings. The van der Waals surface area contributed by atoms with Crippen molar-refractivity contribution in [3.63, 3.8) is 0 Å². The van der Waals surface area contributed by atoms with Crippen molar-refractivity contribution >= 4 is 10.8 Å². The SMILES string of the molecule is COc1ncc(-c2cc(OCC(O)CN3CCN(C4CC4)CC3)cc3ccccc23)cn1. The first kappa shape index (κ1) is 21.1. The van der Waals surface area contributed by atoms with Crippen molar-refractivity contribution in [3.8, 4) is 22.9 Å². The number of hydrogen-bond acceptors (Lipinski definition) is 7. The molecule has 0 bridgehead atoms. The number of fused-ring (bicyclic) bond motifs is 1. The Morgan fingerprint density at radius 3 is 2.53 bits per heavy atom. The van der Waals surface area contributed by atoms with Gasteiger partial charge in [0.25, 0.3) is 0 Å². The molecular weight excluding hydrogens is 404 g/mol. The van der Waals surface area contributed by atoms with Gasteiger partial charge in [-0.3, -0.25) is 9.80 Å². The predicted octanol–water partition coefficient (Wildman–Crippen LogP) is 2.83. The maximum absolute atomic E-state index is 10.6. The van der Waals surface area contributed by atoms with Gasteiger partial charge in [-0.25, -0.2) is 9.97 Å². The fourth-order valence-corrected chi connectivity index (χ4v) is 4.46. The Kier molecular flexibility index (Phi) is 6.21. The van der Waals surface area contributed by atoms with E-state index in [1.807, 2.05) is 24.3 Å². The molecule has 1 atom stereocenters. The Balaban J connectivity index is 1.25. The third kappa shape index (κ3) is 4.85. The van der Waals surface area contributed by atoms with Crippen LogP contribution in [0.1, 0.15) is 12.8 Å². The summed E-state index contributed by atoms with van der Waals surface area (Å²) in [7, 11) is 1.55. The standard InChI is InChI=1S/C25H30N4O3/c1-31-25-26-14-19(15-27-25)24-13-22(12-18-4-2-3-5-23(18)24)32-17-21(30)16-28-8-10-29(11-9-28)20-6-7-20/h2-5,12-15,20-21,30H,6-11,16-17H2,1H3. The lowest BCUT2D eigenvalue weighted by Gasteiger charge is -2.35. The topological polar surface area (TPSA) is 71.0 Å². The first-order chi connectivity index (χ1) is 15.7. The van der Waals surface area contributed by atoms with Gasteiger partial charge in [0.05, 0.1) is 7.11 Å². The van der Waals surface area contributed by atoms with Gasteiger partial charge >= 0.3 is 6.01 Å². The Hall–Kier alpha value is -2.74. The summed E-state index contributed by atoms with van der Waals surface area (Å²) in [6.45, 7) is 5.16. The van der Waals surface area contributed by atoms with Crippen molar-refractivity contribution in [2.75, 3.05) is 46.4 Å².